The molecule has 1 aromatic carbocycles. The molecular weight excluding hydrogens is 376 g/mol. The lowest BCUT2D eigenvalue weighted by Gasteiger charge is -2.19. The summed E-state index contributed by atoms with van der Waals surface area (Å²) in [6.45, 7) is 2.01. The van der Waals surface area contributed by atoms with Crippen molar-refractivity contribution >= 4 is 29.4 Å². The quantitative estimate of drug-likeness (QED) is 0.528. The van der Waals surface area contributed by atoms with Crippen molar-refractivity contribution in [3.63, 3.8) is 0 Å². The van der Waals surface area contributed by atoms with E-state index in [1.165, 1.54) is 4.90 Å². The van der Waals surface area contributed by atoms with Gasteiger partial charge in [-0.15, -0.1) is 0 Å². The molecule has 2 fully saturated rings. The molecule has 3 amide bonds. The van der Waals surface area contributed by atoms with Crippen molar-refractivity contribution in [3.8, 4) is 5.75 Å². The minimum absolute atomic E-state index is 0.00398. The maximum absolute atomic E-state index is 12.4. The van der Waals surface area contributed by atoms with Crippen molar-refractivity contribution in [2.45, 2.75) is 39.0 Å². The van der Waals surface area contributed by atoms with Crippen LogP contribution in [0.2, 0.25) is 0 Å². The van der Waals surface area contributed by atoms with E-state index in [4.69, 9.17) is 9.47 Å². The van der Waals surface area contributed by atoms with Crippen LogP contribution in [0.1, 0.15) is 39.0 Å². The first-order valence-electron chi connectivity index (χ1n) is 10.0. The Morgan fingerprint density at radius 3 is 2.28 bits per heavy atom. The lowest BCUT2D eigenvalue weighted by atomic mass is 9.81. The van der Waals surface area contributed by atoms with Crippen LogP contribution in [0.15, 0.2) is 24.3 Å². The first-order valence-corrected chi connectivity index (χ1v) is 10.0. The number of carbonyl (C=O) groups excluding carboxylic acids is 4. The van der Waals surface area contributed by atoms with Gasteiger partial charge in [0.1, 0.15) is 5.75 Å². The lowest BCUT2D eigenvalue weighted by molar-refractivity contribution is -0.148. The number of ether oxygens (including phenoxy) is 2. The van der Waals surface area contributed by atoms with Crippen LogP contribution < -0.4 is 10.1 Å². The standard InChI is InChI=1S/C21H26N2O6/c1-2-28-15-9-7-14(8-10-15)22-18(24)13-29-19(25)11-12-23-20(26)16-5-3-4-6-17(16)21(23)27/h7-10,16-17H,2-6,11-13H2,1H3,(H,22,24)/t16-,17-/m1/s1. The third-order valence-electron chi connectivity index (χ3n) is 5.29. The van der Waals surface area contributed by atoms with Gasteiger partial charge in [-0.1, -0.05) is 12.8 Å². The number of anilines is 1. The number of hydrogen-bond donors (Lipinski definition) is 1. The topological polar surface area (TPSA) is 102 Å². The second kappa shape index (κ2) is 9.54. The molecule has 1 N–H and O–H groups in total. The second-order valence-electron chi connectivity index (χ2n) is 7.24. The van der Waals surface area contributed by atoms with Gasteiger partial charge in [0, 0.05) is 12.2 Å². The van der Waals surface area contributed by atoms with Crippen LogP contribution in [0.3, 0.4) is 0 Å². The largest absolute Gasteiger partial charge is 0.494 e. The Morgan fingerprint density at radius 1 is 1.07 bits per heavy atom. The molecule has 2 aliphatic rings. The van der Waals surface area contributed by atoms with E-state index in [-0.39, 0.29) is 36.6 Å². The third kappa shape index (κ3) is 5.13. The van der Waals surface area contributed by atoms with Crippen molar-refractivity contribution in [2.24, 2.45) is 11.8 Å². The fraction of sp³-hybridized carbons (Fsp3) is 0.524. The molecule has 0 aromatic heterocycles. The Bertz CT molecular complexity index is 752. The molecule has 8 nitrogen and oxygen atoms in total. The number of esters is 1. The highest BCUT2D eigenvalue weighted by atomic mass is 16.5. The van der Waals surface area contributed by atoms with E-state index in [0.29, 0.717) is 18.0 Å². The molecule has 0 unspecified atom stereocenters. The molecular formula is C21H26N2O6. The Morgan fingerprint density at radius 2 is 1.69 bits per heavy atom. The van der Waals surface area contributed by atoms with Crippen LogP contribution in [-0.2, 0) is 23.9 Å². The van der Waals surface area contributed by atoms with E-state index < -0.39 is 18.5 Å². The molecule has 29 heavy (non-hydrogen) atoms. The van der Waals surface area contributed by atoms with Crippen LogP contribution in [0.4, 0.5) is 5.69 Å². The molecule has 0 bridgehead atoms. The lowest BCUT2D eigenvalue weighted by Crippen LogP contribution is -2.33. The fourth-order valence-electron chi connectivity index (χ4n) is 3.87. The zero-order valence-corrected chi connectivity index (χ0v) is 16.5. The number of rotatable bonds is 8. The zero-order valence-electron chi connectivity index (χ0n) is 16.5. The van der Waals surface area contributed by atoms with E-state index in [2.05, 4.69) is 5.32 Å². The number of carbonyl (C=O) groups is 4. The van der Waals surface area contributed by atoms with Crippen molar-refractivity contribution in [2.75, 3.05) is 25.1 Å². The maximum Gasteiger partial charge on any atom is 0.308 e. The molecule has 1 heterocycles. The van der Waals surface area contributed by atoms with Crippen molar-refractivity contribution < 1.29 is 28.7 Å². The van der Waals surface area contributed by atoms with Gasteiger partial charge in [0.25, 0.3) is 5.91 Å². The summed E-state index contributed by atoms with van der Waals surface area (Å²) in [4.78, 5) is 49.8. The Hall–Kier alpha value is -2.90. The summed E-state index contributed by atoms with van der Waals surface area (Å²) in [6, 6.07) is 6.84. The monoisotopic (exact) mass is 402 g/mol. The van der Waals surface area contributed by atoms with Crippen molar-refractivity contribution in [3.05, 3.63) is 24.3 Å². The van der Waals surface area contributed by atoms with E-state index >= 15 is 0 Å². The van der Waals surface area contributed by atoms with Gasteiger partial charge >= 0.3 is 5.97 Å². The predicted octanol–water partition coefficient (Wildman–Crippen LogP) is 2.13. The van der Waals surface area contributed by atoms with Gasteiger partial charge < -0.3 is 14.8 Å². The highest BCUT2D eigenvalue weighted by Crippen LogP contribution is 2.37. The fourth-order valence-corrected chi connectivity index (χ4v) is 3.87. The van der Waals surface area contributed by atoms with Gasteiger partial charge in [0.2, 0.25) is 11.8 Å². The molecule has 1 aliphatic carbocycles. The molecule has 0 radical (unpaired) electrons. The van der Waals surface area contributed by atoms with Crippen LogP contribution in [-0.4, -0.2) is 48.3 Å². The average Bonchev–Trinajstić information content (AvgIpc) is 2.97. The summed E-state index contributed by atoms with van der Waals surface area (Å²) in [5, 5.41) is 2.62. The van der Waals surface area contributed by atoms with Crippen LogP contribution in [0, 0.1) is 11.8 Å². The van der Waals surface area contributed by atoms with E-state index in [0.717, 1.165) is 25.7 Å². The van der Waals surface area contributed by atoms with E-state index in [1.54, 1.807) is 24.3 Å². The first kappa shape index (κ1) is 20.8. The van der Waals surface area contributed by atoms with Crippen LogP contribution >= 0.6 is 0 Å². The first-order chi connectivity index (χ1) is 14.0. The average molecular weight is 402 g/mol. The number of fused-ring (bicyclic) bond motifs is 1. The second-order valence-corrected chi connectivity index (χ2v) is 7.24. The summed E-state index contributed by atoms with van der Waals surface area (Å²) in [5.41, 5.74) is 0.561. The summed E-state index contributed by atoms with van der Waals surface area (Å²) >= 11 is 0. The van der Waals surface area contributed by atoms with Crippen molar-refractivity contribution in [1.29, 1.82) is 0 Å². The molecule has 1 saturated heterocycles. The van der Waals surface area contributed by atoms with Crippen LogP contribution in [0.25, 0.3) is 0 Å². The maximum atomic E-state index is 12.4. The number of nitrogens with zero attached hydrogens (tertiary/aromatic N) is 1. The molecule has 1 aliphatic heterocycles. The summed E-state index contributed by atoms with van der Waals surface area (Å²) in [7, 11) is 0. The van der Waals surface area contributed by atoms with Crippen molar-refractivity contribution in [1.82, 2.24) is 4.90 Å². The molecule has 8 heteroatoms. The van der Waals surface area contributed by atoms with E-state index in [1.807, 2.05) is 6.92 Å². The number of benzene rings is 1. The predicted molar refractivity (Wildman–Crippen MR) is 104 cm³/mol. The van der Waals surface area contributed by atoms with Gasteiger partial charge in [-0.3, -0.25) is 24.1 Å². The number of amides is 3. The van der Waals surface area contributed by atoms with Gasteiger partial charge in [-0.05, 0) is 44.0 Å². The Kier molecular flexibility index (Phi) is 6.85. The number of nitrogens with one attached hydrogen (secondary N) is 1. The SMILES string of the molecule is CCOc1ccc(NC(=O)COC(=O)CCN2C(=O)[C@@H]3CCCC[C@H]3C2=O)cc1. The highest BCUT2D eigenvalue weighted by Gasteiger charge is 2.47. The molecule has 0 spiro atoms. The summed E-state index contributed by atoms with van der Waals surface area (Å²) in [6.07, 6.45) is 3.27. The molecule has 156 valence electrons. The molecule has 3 rings (SSSR count). The van der Waals surface area contributed by atoms with Gasteiger partial charge in [-0.2, -0.15) is 0 Å². The normalized spacial score (nSPS) is 20.9. The zero-order chi connectivity index (χ0) is 20.8. The van der Waals surface area contributed by atoms with E-state index in [9.17, 15) is 19.2 Å². The minimum Gasteiger partial charge on any atom is -0.494 e. The van der Waals surface area contributed by atoms with Gasteiger partial charge in [0.15, 0.2) is 6.61 Å². The Balaban J connectivity index is 1.40. The van der Waals surface area contributed by atoms with Gasteiger partial charge in [-0.25, -0.2) is 0 Å². The number of likely N-dealkylation sites (tertiary alicyclic amines) is 1. The summed E-state index contributed by atoms with van der Waals surface area (Å²) in [5.74, 6) is -1.22. The van der Waals surface area contributed by atoms with Crippen LogP contribution in [0.5, 0.6) is 5.75 Å². The van der Waals surface area contributed by atoms with Gasteiger partial charge in [0.05, 0.1) is 24.9 Å². The molecule has 1 saturated carbocycles. The summed E-state index contributed by atoms with van der Waals surface area (Å²) < 4.78 is 10.3. The Labute approximate surface area is 169 Å². The third-order valence-corrected chi connectivity index (χ3v) is 5.29. The smallest absolute Gasteiger partial charge is 0.308 e. The molecule has 2 atom stereocenters. The minimum atomic E-state index is -0.623. The highest BCUT2D eigenvalue weighted by molar-refractivity contribution is 6.05. The molecule has 1 aromatic rings. The number of imide groups is 1. The number of hydrogen-bond acceptors (Lipinski definition) is 6.